The van der Waals surface area contributed by atoms with Gasteiger partial charge in [-0.15, -0.1) is 0 Å². The van der Waals surface area contributed by atoms with E-state index in [1.165, 1.54) is 6.26 Å². The van der Waals surface area contributed by atoms with Gasteiger partial charge in [0.2, 0.25) is 5.91 Å². The summed E-state index contributed by atoms with van der Waals surface area (Å²) in [6, 6.07) is 7.24. The molecule has 0 aliphatic carbocycles. The highest BCUT2D eigenvalue weighted by Gasteiger charge is 2.40. The highest BCUT2D eigenvalue weighted by atomic mass is 32.2. The molecule has 1 saturated heterocycles. The molecule has 3 atom stereocenters. The van der Waals surface area contributed by atoms with Gasteiger partial charge in [-0.2, -0.15) is 0 Å². The van der Waals surface area contributed by atoms with E-state index < -0.39 is 9.84 Å². The van der Waals surface area contributed by atoms with Crippen LogP contribution < -0.4 is 5.32 Å². The molecule has 1 aliphatic rings. The van der Waals surface area contributed by atoms with Gasteiger partial charge in [-0.25, -0.2) is 8.42 Å². The van der Waals surface area contributed by atoms with E-state index in [4.69, 9.17) is 0 Å². The first kappa shape index (κ1) is 16.0. The molecule has 0 bridgehead atoms. The summed E-state index contributed by atoms with van der Waals surface area (Å²) >= 11 is 0. The predicted octanol–water partition coefficient (Wildman–Crippen LogP) is 1.25. The lowest BCUT2D eigenvalue weighted by Crippen LogP contribution is -2.42. The molecule has 0 radical (unpaired) electrons. The maximum absolute atomic E-state index is 12.4. The first-order valence-electron chi connectivity index (χ1n) is 7.01. The Morgan fingerprint density at radius 1 is 1.38 bits per heavy atom. The number of benzene rings is 1. The van der Waals surface area contributed by atoms with Crippen LogP contribution in [-0.4, -0.2) is 43.3 Å². The quantitative estimate of drug-likeness (QED) is 0.909. The van der Waals surface area contributed by atoms with Gasteiger partial charge in [-0.3, -0.25) is 10.1 Å². The molecule has 1 aromatic carbocycles. The van der Waals surface area contributed by atoms with E-state index in [1.807, 2.05) is 31.2 Å². The third-order valence-electron chi connectivity index (χ3n) is 3.69. The molecule has 0 saturated carbocycles. The van der Waals surface area contributed by atoms with Gasteiger partial charge in [-0.05, 0) is 26.3 Å². The van der Waals surface area contributed by atoms with Crippen molar-refractivity contribution in [2.45, 2.75) is 39.0 Å². The minimum Gasteiger partial charge on any atom is -0.318 e. The molecule has 2 rings (SSSR count). The average Bonchev–Trinajstić information content (AvgIpc) is 2.64. The number of rotatable bonds is 4. The molecule has 6 heteroatoms. The second-order valence-corrected chi connectivity index (χ2v) is 8.08. The Morgan fingerprint density at radius 3 is 2.62 bits per heavy atom. The van der Waals surface area contributed by atoms with Gasteiger partial charge >= 0.3 is 0 Å². The van der Waals surface area contributed by atoms with Crippen molar-refractivity contribution in [3.05, 3.63) is 35.4 Å². The van der Waals surface area contributed by atoms with E-state index in [0.717, 1.165) is 11.1 Å². The molecular weight excluding hydrogens is 288 g/mol. The number of hydrogen-bond donors (Lipinski definition) is 1. The molecule has 21 heavy (non-hydrogen) atoms. The van der Waals surface area contributed by atoms with Crippen LogP contribution in [0.1, 0.15) is 31.1 Å². The maximum Gasteiger partial charge on any atom is 0.241 e. The monoisotopic (exact) mass is 310 g/mol. The van der Waals surface area contributed by atoms with E-state index in [1.54, 1.807) is 18.7 Å². The number of nitrogens with one attached hydrogen (secondary N) is 1. The zero-order valence-electron chi connectivity index (χ0n) is 12.8. The molecule has 1 aromatic rings. The number of sulfone groups is 1. The minimum absolute atomic E-state index is 0.0323. The number of hydrogen-bond acceptors (Lipinski definition) is 4. The highest BCUT2D eigenvalue weighted by Crippen LogP contribution is 2.28. The van der Waals surface area contributed by atoms with Gasteiger partial charge in [-0.1, -0.05) is 29.8 Å². The minimum atomic E-state index is -3.14. The van der Waals surface area contributed by atoms with Gasteiger partial charge in [0.15, 0.2) is 0 Å². The zero-order valence-corrected chi connectivity index (χ0v) is 13.6. The van der Waals surface area contributed by atoms with Gasteiger partial charge in [0.05, 0.1) is 11.8 Å². The van der Waals surface area contributed by atoms with Crippen molar-refractivity contribution in [2.75, 3.05) is 12.0 Å². The summed E-state index contributed by atoms with van der Waals surface area (Å²) in [6.07, 6.45) is 0.923. The lowest BCUT2D eigenvalue weighted by Gasteiger charge is -2.30. The standard InChI is InChI=1S/C15H22N2O3S/c1-10-6-5-7-13(8-10)14-16-12(3)15(18)17(14)11(2)9-21(4,19)20/h5-8,11-12,14,16H,9H2,1-4H3. The first-order valence-corrected chi connectivity index (χ1v) is 9.07. The average molecular weight is 310 g/mol. The van der Waals surface area contributed by atoms with E-state index in [9.17, 15) is 13.2 Å². The van der Waals surface area contributed by atoms with Crippen molar-refractivity contribution in [1.29, 1.82) is 0 Å². The largest absolute Gasteiger partial charge is 0.318 e. The summed E-state index contributed by atoms with van der Waals surface area (Å²) in [4.78, 5) is 14.0. The van der Waals surface area contributed by atoms with Crippen LogP contribution in [0.4, 0.5) is 0 Å². The normalized spacial score (nSPS) is 24.4. The number of nitrogens with zero attached hydrogens (tertiary/aromatic N) is 1. The van der Waals surface area contributed by atoms with E-state index in [0.29, 0.717) is 0 Å². The number of amides is 1. The third kappa shape index (κ3) is 3.63. The Balaban J connectivity index is 2.33. The van der Waals surface area contributed by atoms with Crippen LogP contribution in [0, 0.1) is 6.92 Å². The summed E-state index contributed by atoms with van der Waals surface area (Å²) in [5.74, 6) is -0.0900. The van der Waals surface area contributed by atoms with E-state index in [-0.39, 0.29) is 29.9 Å². The summed E-state index contributed by atoms with van der Waals surface area (Å²) in [5, 5.41) is 3.25. The fraction of sp³-hybridized carbons (Fsp3) is 0.533. The van der Waals surface area contributed by atoms with Crippen LogP contribution in [0.15, 0.2) is 24.3 Å². The SMILES string of the molecule is Cc1cccc(C2NC(C)C(=O)N2C(C)CS(C)(=O)=O)c1. The van der Waals surface area contributed by atoms with Crippen molar-refractivity contribution >= 4 is 15.7 Å². The maximum atomic E-state index is 12.4. The molecule has 1 aliphatic heterocycles. The second-order valence-electron chi connectivity index (χ2n) is 5.89. The van der Waals surface area contributed by atoms with Crippen LogP contribution in [0.2, 0.25) is 0 Å². The molecule has 116 valence electrons. The van der Waals surface area contributed by atoms with Crippen LogP contribution in [0.25, 0.3) is 0 Å². The van der Waals surface area contributed by atoms with E-state index in [2.05, 4.69) is 5.32 Å². The van der Waals surface area contributed by atoms with Crippen LogP contribution in [0.3, 0.4) is 0 Å². The Morgan fingerprint density at radius 2 is 2.05 bits per heavy atom. The molecule has 1 amide bonds. The van der Waals surface area contributed by atoms with Gasteiger partial charge in [0, 0.05) is 12.3 Å². The highest BCUT2D eigenvalue weighted by molar-refractivity contribution is 7.90. The molecule has 0 aromatic heterocycles. The number of aryl methyl sites for hydroxylation is 1. The van der Waals surface area contributed by atoms with Gasteiger partial charge in [0.25, 0.3) is 0 Å². The third-order valence-corrected chi connectivity index (χ3v) is 4.78. The molecule has 1 N–H and O–H groups in total. The molecule has 1 heterocycles. The van der Waals surface area contributed by atoms with Gasteiger partial charge in [0.1, 0.15) is 16.0 Å². The summed E-state index contributed by atoms with van der Waals surface area (Å²) < 4.78 is 23.1. The predicted molar refractivity (Wildman–Crippen MR) is 82.5 cm³/mol. The Bertz CT molecular complexity index is 642. The Hall–Kier alpha value is -1.40. The lowest BCUT2D eigenvalue weighted by molar-refractivity contribution is -0.131. The summed E-state index contributed by atoms with van der Waals surface area (Å²) in [7, 11) is -3.14. The molecule has 3 unspecified atom stereocenters. The lowest BCUT2D eigenvalue weighted by atomic mass is 10.1. The topological polar surface area (TPSA) is 66.5 Å². The fourth-order valence-electron chi connectivity index (χ4n) is 2.83. The van der Waals surface area contributed by atoms with Crippen LogP contribution in [-0.2, 0) is 14.6 Å². The molecular formula is C15H22N2O3S. The van der Waals surface area contributed by atoms with Crippen molar-refractivity contribution in [1.82, 2.24) is 10.2 Å². The molecule has 1 fully saturated rings. The van der Waals surface area contributed by atoms with Crippen molar-refractivity contribution in [3.63, 3.8) is 0 Å². The number of carbonyl (C=O) groups excluding carboxylic acids is 1. The second kappa shape index (κ2) is 5.77. The van der Waals surface area contributed by atoms with Crippen molar-refractivity contribution in [3.8, 4) is 0 Å². The zero-order chi connectivity index (χ0) is 15.8. The van der Waals surface area contributed by atoms with Crippen LogP contribution in [0.5, 0.6) is 0 Å². The summed E-state index contributed by atoms with van der Waals surface area (Å²) in [5.41, 5.74) is 2.09. The van der Waals surface area contributed by atoms with Gasteiger partial charge < -0.3 is 4.90 Å². The molecule has 0 spiro atoms. The Labute approximate surface area is 126 Å². The van der Waals surface area contributed by atoms with Crippen molar-refractivity contribution < 1.29 is 13.2 Å². The van der Waals surface area contributed by atoms with E-state index >= 15 is 0 Å². The first-order chi connectivity index (χ1) is 9.69. The molecule has 5 nitrogen and oxygen atoms in total. The van der Waals surface area contributed by atoms with Crippen LogP contribution >= 0.6 is 0 Å². The van der Waals surface area contributed by atoms with Crippen molar-refractivity contribution in [2.24, 2.45) is 0 Å². The number of carbonyl (C=O) groups is 1. The fourth-order valence-corrected chi connectivity index (χ4v) is 3.86. The Kier molecular flexibility index (Phi) is 4.39. The smallest absolute Gasteiger partial charge is 0.241 e. The summed E-state index contributed by atoms with van der Waals surface area (Å²) in [6.45, 7) is 5.58.